The van der Waals surface area contributed by atoms with E-state index in [-0.39, 0.29) is 0 Å². The minimum atomic E-state index is -0.426. The molecule has 0 aromatic heterocycles. The molecule has 0 saturated carbocycles. The highest BCUT2D eigenvalue weighted by molar-refractivity contribution is 6.52. The molecule has 0 radical (unpaired) electrons. The van der Waals surface area contributed by atoms with E-state index in [1.54, 1.807) is 11.0 Å². The van der Waals surface area contributed by atoms with Crippen molar-refractivity contribution in [2.24, 2.45) is 0 Å². The molecule has 2 heterocycles. The quantitative estimate of drug-likeness (QED) is 0.748. The lowest BCUT2D eigenvalue weighted by Crippen LogP contribution is -2.51. The molecule has 2 aliphatic heterocycles. The number of anilines is 2. The number of hydrogen-bond donors (Lipinski definition) is 0. The van der Waals surface area contributed by atoms with Crippen LogP contribution < -0.4 is 14.5 Å². The van der Waals surface area contributed by atoms with E-state index in [0.29, 0.717) is 18.8 Å². The molecule has 4 rings (SSSR count). The molecule has 28 heavy (non-hydrogen) atoms. The molecule has 1 saturated heterocycles. The summed E-state index contributed by atoms with van der Waals surface area (Å²) in [7, 11) is 0. The van der Waals surface area contributed by atoms with Crippen LogP contribution in [0.25, 0.3) is 0 Å². The normalized spacial score (nSPS) is 17.2. The number of benzene rings is 2. The Morgan fingerprint density at radius 1 is 0.964 bits per heavy atom. The van der Waals surface area contributed by atoms with Gasteiger partial charge >= 0.3 is 5.91 Å². The van der Waals surface area contributed by atoms with E-state index in [4.69, 9.17) is 4.74 Å². The van der Waals surface area contributed by atoms with Crippen molar-refractivity contribution in [1.29, 1.82) is 0 Å². The third kappa shape index (κ3) is 3.36. The predicted molar refractivity (Wildman–Crippen MR) is 109 cm³/mol. The number of amides is 1. The lowest BCUT2D eigenvalue weighted by atomic mass is 10.1. The van der Waals surface area contributed by atoms with Crippen LogP contribution in [0.2, 0.25) is 0 Å². The molecule has 0 atom stereocenters. The summed E-state index contributed by atoms with van der Waals surface area (Å²) < 4.78 is 5.75. The number of aryl methyl sites for hydroxylation is 1. The monoisotopic (exact) mass is 379 g/mol. The van der Waals surface area contributed by atoms with Gasteiger partial charge < -0.3 is 9.64 Å². The van der Waals surface area contributed by atoms with Crippen LogP contribution in [0.15, 0.2) is 42.5 Å². The lowest BCUT2D eigenvalue weighted by Gasteiger charge is -2.38. The summed E-state index contributed by atoms with van der Waals surface area (Å²) in [4.78, 5) is 30.9. The van der Waals surface area contributed by atoms with Crippen molar-refractivity contribution < 1.29 is 14.3 Å². The van der Waals surface area contributed by atoms with Crippen molar-refractivity contribution in [2.45, 2.75) is 13.8 Å². The zero-order chi connectivity index (χ0) is 19.7. The van der Waals surface area contributed by atoms with Crippen LogP contribution in [0.4, 0.5) is 11.4 Å². The van der Waals surface area contributed by atoms with E-state index in [9.17, 15) is 9.59 Å². The summed E-state index contributed by atoms with van der Waals surface area (Å²) >= 11 is 0. The molecule has 6 nitrogen and oxygen atoms in total. The average molecular weight is 379 g/mol. The molecule has 0 N–H and O–H groups in total. The zero-order valence-electron chi connectivity index (χ0n) is 16.4. The number of ether oxygens (including phenoxy) is 1. The van der Waals surface area contributed by atoms with E-state index in [1.807, 2.05) is 44.2 Å². The number of nitrogens with zero attached hydrogens (tertiary/aromatic N) is 3. The van der Waals surface area contributed by atoms with Gasteiger partial charge in [-0.1, -0.05) is 23.8 Å². The van der Waals surface area contributed by atoms with Crippen LogP contribution in [0.1, 0.15) is 22.8 Å². The molecule has 0 aliphatic carbocycles. The molecular formula is C22H25N3O3. The number of carbonyl (C=O) groups is 2. The first kappa shape index (κ1) is 18.5. The van der Waals surface area contributed by atoms with Gasteiger partial charge in [0, 0.05) is 26.2 Å². The third-order valence-corrected chi connectivity index (χ3v) is 5.35. The standard InChI is InChI=1S/C22H25N3O3/c1-3-28-20-7-5-4-6-19(20)24-12-10-23(11-13-24)15-25-18-9-8-16(2)14-17(18)21(26)22(25)27/h4-9,14H,3,10-13,15H2,1-2H3. The first-order valence-electron chi connectivity index (χ1n) is 9.74. The maximum absolute atomic E-state index is 12.5. The van der Waals surface area contributed by atoms with E-state index in [0.717, 1.165) is 48.9 Å². The number of Topliss-reactive ketones (excluding diaryl/α,β-unsaturated/α-hetero) is 1. The Balaban J connectivity index is 1.43. The fourth-order valence-corrected chi connectivity index (χ4v) is 3.88. The van der Waals surface area contributed by atoms with Gasteiger partial charge in [-0.25, -0.2) is 0 Å². The van der Waals surface area contributed by atoms with Crippen LogP contribution in [0, 0.1) is 6.92 Å². The summed E-state index contributed by atoms with van der Waals surface area (Å²) in [6, 6.07) is 13.7. The molecule has 0 spiro atoms. The molecule has 2 aromatic rings. The van der Waals surface area contributed by atoms with E-state index in [2.05, 4.69) is 15.9 Å². The van der Waals surface area contributed by atoms with Gasteiger partial charge in [0.05, 0.1) is 30.2 Å². The topological polar surface area (TPSA) is 53.1 Å². The van der Waals surface area contributed by atoms with Gasteiger partial charge in [0.1, 0.15) is 5.75 Å². The Bertz CT molecular complexity index is 904. The number of ketones is 1. The summed E-state index contributed by atoms with van der Waals surface area (Å²) in [5.74, 6) is 0.0794. The van der Waals surface area contributed by atoms with Gasteiger partial charge in [-0.05, 0) is 38.1 Å². The fraction of sp³-hybridized carbons (Fsp3) is 0.364. The zero-order valence-corrected chi connectivity index (χ0v) is 16.4. The lowest BCUT2D eigenvalue weighted by molar-refractivity contribution is -0.114. The van der Waals surface area contributed by atoms with Gasteiger partial charge in [-0.15, -0.1) is 0 Å². The first-order chi connectivity index (χ1) is 13.6. The van der Waals surface area contributed by atoms with Crippen LogP contribution in [-0.2, 0) is 4.79 Å². The molecular weight excluding hydrogens is 354 g/mol. The number of carbonyl (C=O) groups excluding carboxylic acids is 2. The molecule has 146 valence electrons. The SMILES string of the molecule is CCOc1ccccc1N1CCN(CN2C(=O)C(=O)c3cc(C)ccc32)CC1. The molecule has 0 bridgehead atoms. The Morgan fingerprint density at radius 2 is 1.71 bits per heavy atom. The van der Waals surface area contributed by atoms with Crippen molar-refractivity contribution in [3.63, 3.8) is 0 Å². The van der Waals surface area contributed by atoms with E-state index in [1.165, 1.54) is 0 Å². The molecule has 1 fully saturated rings. The Hall–Kier alpha value is -2.86. The van der Waals surface area contributed by atoms with Crippen molar-refractivity contribution >= 4 is 23.1 Å². The number of fused-ring (bicyclic) bond motifs is 1. The minimum absolute atomic E-state index is 0.400. The van der Waals surface area contributed by atoms with Crippen LogP contribution >= 0.6 is 0 Å². The Labute approximate surface area is 165 Å². The molecule has 2 aromatic carbocycles. The highest BCUT2D eigenvalue weighted by Crippen LogP contribution is 2.31. The summed E-state index contributed by atoms with van der Waals surface area (Å²) in [6.07, 6.45) is 0. The second-order valence-corrected chi connectivity index (χ2v) is 7.23. The van der Waals surface area contributed by atoms with Gasteiger partial charge in [-0.3, -0.25) is 19.4 Å². The van der Waals surface area contributed by atoms with E-state index >= 15 is 0 Å². The fourth-order valence-electron chi connectivity index (χ4n) is 3.88. The summed E-state index contributed by atoms with van der Waals surface area (Å²) in [5, 5.41) is 0. The van der Waals surface area contributed by atoms with Gasteiger partial charge in [0.2, 0.25) is 0 Å². The van der Waals surface area contributed by atoms with Crippen molar-refractivity contribution in [2.75, 3.05) is 49.3 Å². The van der Waals surface area contributed by atoms with Gasteiger partial charge in [0.15, 0.2) is 0 Å². The minimum Gasteiger partial charge on any atom is -0.492 e. The maximum Gasteiger partial charge on any atom is 0.300 e. The molecule has 6 heteroatoms. The number of para-hydroxylation sites is 2. The molecule has 0 unspecified atom stereocenters. The maximum atomic E-state index is 12.5. The Morgan fingerprint density at radius 3 is 2.46 bits per heavy atom. The highest BCUT2D eigenvalue weighted by atomic mass is 16.5. The number of piperazine rings is 1. The van der Waals surface area contributed by atoms with Crippen LogP contribution in [-0.4, -0.2) is 56.0 Å². The number of rotatable bonds is 5. The van der Waals surface area contributed by atoms with Crippen LogP contribution in [0.3, 0.4) is 0 Å². The average Bonchev–Trinajstić information content (AvgIpc) is 2.94. The second-order valence-electron chi connectivity index (χ2n) is 7.23. The van der Waals surface area contributed by atoms with Crippen molar-refractivity contribution in [1.82, 2.24) is 4.90 Å². The molecule has 1 amide bonds. The second kappa shape index (κ2) is 7.64. The molecule has 2 aliphatic rings. The number of hydrogen-bond acceptors (Lipinski definition) is 5. The Kier molecular flexibility index (Phi) is 5.05. The third-order valence-electron chi connectivity index (χ3n) is 5.35. The van der Waals surface area contributed by atoms with Crippen molar-refractivity contribution in [3.8, 4) is 5.75 Å². The highest BCUT2D eigenvalue weighted by Gasteiger charge is 2.37. The smallest absolute Gasteiger partial charge is 0.300 e. The predicted octanol–water partition coefficient (Wildman–Crippen LogP) is 2.70. The summed E-state index contributed by atoms with van der Waals surface area (Å²) in [5.41, 5.74) is 3.35. The van der Waals surface area contributed by atoms with Gasteiger partial charge in [-0.2, -0.15) is 0 Å². The van der Waals surface area contributed by atoms with Gasteiger partial charge in [0.25, 0.3) is 5.78 Å². The van der Waals surface area contributed by atoms with Crippen molar-refractivity contribution in [3.05, 3.63) is 53.6 Å². The largest absolute Gasteiger partial charge is 0.492 e. The first-order valence-corrected chi connectivity index (χ1v) is 9.74. The summed E-state index contributed by atoms with van der Waals surface area (Å²) in [6.45, 7) is 8.34. The van der Waals surface area contributed by atoms with E-state index < -0.39 is 11.7 Å². The van der Waals surface area contributed by atoms with Crippen LogP contribution in [0.5, 0.6) is 5.75 Å².